The molecule has 0 bridgehead atoms. The Morgan fingerprint density at radius 1 is 1.26 bits per heavy atom. The number of nitrogens with zero attached hydrogens (tertiary/aromatic N) is 4. The van der Waals surface area contributed by atoms with E-state index in [-0.39, 0.29) is 11.9 Å². The molecule has 27 heavy (non-hydrogen) atoms. The third kappa shape index (κ3) is 3.18. The zero-order valence-electron chi connectivity index (χ0n) is 16.2. The van der Waals surface area contributed by atoms with Gasteiger partial charge in [0.25, 0.3) is 0 Å². The average molecular weight is 367 g/mol. The number of aromatic nitrogens is 4. The maximum Gasteiger partial charge on any atom is 0.132 e. The highest BCUT2D eigenvalue weighted by atomic mass is 19.1. The van der Waals surface area contributed by atoms with Crippen LogP contribution in [0.5, 0.6) is 0 Å². The highest BCUT2D eigenvalue weighted by Gasteiger charge is 2.34. The molecule has 1 aromatic carbocycles. The van der Waals surface area contributed by atoms with Gasteiger partial charge < -0.3 is 9.55 Å². The van der Waals surface area contributed by atoms with Crippen LogP contribution in [-0.4, -0.2) is 31.0 Å². The minimum Gasteiger partial charge on any atom is -0.348 e. The summed E-state index contributed by atoms with van der Waals surface area (Å²) < 4.78 is 16.6. The topological polar surface area (TPSA) is 49.7 Å². The SMILES string of the molecule is CCCn1ccnc1C1c2nc[nH]c2CCN1Cc1ccc(C)c(F)c1C. The van der Waals surface area contributed by atoms with Gasteiger partial charge in [-0.25, -0.2) is 14.4 Å². The molecule has 2 aromatic heterocycles. The van der Waals surface area contributed by atoms with Crippen molar-refractivity contribution in [2.45, 2.75) is 52.7 Å². The van der Waals surface area contributed by atoms with Gasteiger partial charge in [-0.2, -0.15) is 0 Å². The fraction of sp³-hybridized carbons (Fsp3) is 0.429. The first-order valence-corrected chi connectivity index (χ1v) is 9.62. The molecule has 1 aliphatic rings. The van der Waals surface area contributed by atoms with Crippen LogP contribution in [0.4, 0.5) is 4.39 Å². The predicted octanol–water partition coefficient (Wildman–Crippen LogP) is 3.92. The van der Waals surface area contributed by atoms with Crippen molar-refractivity contribution in [1.29, 1.82) is 0 Å². The van der Waals surface area contributed by atoms with E-state index in [1.54, 1.807) is 6.33 Å². The molecule has 3 heterocycles. The summed E-state index contributed by atoms with van der Waals surface area (Å²) in [6.45, 7) is 8.34. The van der Waals surface area contributed by atoms with Crippen LogP contribution in [0.15, 0.2) is 30.9 Å². The standard InChI is InChI=1S/C21H26FN5/c1-4-9-26-11-8-23-21(26)20-19-17(24-13-25-19)7-10-27(20)12-16-6-5-14(2)18(22)15(16)3/h5-6,8,11,13,20H,4,7,9-10,12H2,1-3H3,(H,24,25). The van der Waals surface area contributed by atoms with Gasteiger partial charge in [-0.05, 0) is 37.0 Å². The summed E-state index contributed by atoms with van der Waals surface area (Å²) in [6, 6.07) is 3.89. The zero-order valence-corrected chi connectivity index (χ0v) is 16.2. The third-order valence-corrected chi connectivity index (χ3v) is 5.55. The summed E-state index contributed by atoms with van der Waals surface area (Å²) in [5, 5.41) is 0. The van der Waals surface area contributed by atoms with Gasteiger partial charge in [-0.3, -0.25) is 4.90 Å². The summed E-state index contributed by atoms with van der Waals surface area (Å²) in [5.74, 6) is 0.907. The van der Waals surface area contributed by atoms with Gasteiger partial charge in [-0.15, -0.1) is 0 Å². The molecule has 0 fully saturated rings. The second-order valence-corrected chi connectivity index (χ2v) is 7.35. The molecular formula is C21H26FN5. The van der Waals surface area contributed by atoms with E-state index in [9.17, 15) is 4.39 Å². The van der Waals surface area contributed by atoms with E-state index in [4.69, 9.17) is 0 Å². The number of aryl methyl sites for hydroxylation is 2. The monoisotopic (exact) mass is 367 g/mol. The number of imidazole rings is 2. The summed E-state index contributed by atoms with van der Waals surface area (Å²) >= 11 is 0. The molecule has 1 unspecified atom stereocenters. The number of nitrogens with one attached hydrogen (secondary N) is 1. The largest absolute Gasteiger partial charge is 0.348 e. The molecule has 5 nitrogen and oxygen atoms in total. The first kappa shape index (κ1) is 17.9. The van der Waals surface area contributed by atoms with E-state index >= 15 is 0 Å². The minimum absolute atomic E-state index is 0.0229. The van der Waals surface area contributed by atoms with Crippen molar-refractivity contribution in [3.63, 3.8) is 0 Å². The Balaban J connectivity index is 1.73. The fourth-order valence-corrected chi connectivity index (χ4v) is 4.03. The van der Waals surface area contributed by atoms with Crippen molar-refractivity contribution >= 4 is 0 Å². The molecule has 6 heteroatoms. The molecule has 3 aromatic rings. The van der Waals surface area contributed by atoms with E-state index in [0.29, 0.717) is 12.1 Å². The molecule has 0 amide bonds. The molecule has 0 saturated carbocycles. The fourth-order valence-electron chi connectivity index (χ4n) is 4.03. The Bertz CT molecular complexity index is 942. The molecule has 0 aliphatic carbocycles. The normalized spacial score (nSPS) is 17.3. The highest BCUT2D eigenvalue weighted by Crippen LogP contribution is 2.34. The van der Waals surface area contributed by atoms with Gasteiger partial charge in [-0.1, -0.05) is 19.1 Å². The van der Waals surface area contributed by atoms with E-state index < -0.39 is 0 Å². The number of aromatic amines is 1. The van der Waals surface area contributed by atoms with E-state index in [1.807, 2.05) is 38.4 Å². The molecule has 0 spiro atoms. The number of hydrogen-bond acceptors (Lipinski definition) is 3. The van der Waals surface area contributed by atoms with Crippen LogP contribution in [0, 0.1) is 19.7 Å². The van der Waals surface area contributed by atoms with Gasteiger partial charge >= 0.3 is 0 Å². The van der Waals surface area contributed by atoms with Crippen LogP contribution in [0.1, 0.15) is 53.3 Å². The van der Waals surface area contributed by atoms with Crippen LogP contribution in [0.2, 0.25) is 0 Å². The maximum atomic E-state index is 14.4. The van der Waals surface area contributed by atoms with E-state index in [0.717, 1.165) is 48.6 Å². The van der Waals surface area contributed by atoms with Crippen molar-refractivity contribution in [3.05, 3.63) is 70.6 Å². The van der Waals surface area contributed by atoms with E-state index in [2.05, 4.69) is 31.3 Å². The van der Waals surface area contributed by atoms with Crippen molar-refractivity contribution < 1.29 is 4.39 Å². The molecule has 1 aliphatic heterocycles. The molecule has 0 radical (unpaired) electrons. The molecule has 4 rings (SSSR count). The molecule has 1 N–H and O–H groups in total. The lowest BCUT2D eigenvalue weighted by Crippen LogP contribution is -2.37. The lowest BCUT2D eigenvalue weighted by atomic mass is 9.98. The molecular weight excluding hydrogens is 341 g/mol. The Morgan fingerprint density at radius 2 is 2.11 bits per heavy atom. The third-order valence-electron chi connectivity index (χ3n) is 5.55. The number of fused-ring (bicyclic) bond motifs is 1. The summed E-state index contributed by atoms with van der Waals surface area (Å²) in [4.78, 5) is 14.9. The Hall–Kier alpha value is -2.47. The lowest BCUT2D eigenvalue weighted by molar-refractivity contribution is 0.189. The lowest BCUT2D eigenvalue weighted by Gasteiger charge is -2.35. The van der Waals surface area contributed by atoms with Crippen molar-refractivity contribution in [1.82, 2.24) is 24.4 Å². The first-order valence-electron chi connectivity index (χ1n) is 9.62. The van der Waals surface area contributed by atoms with Crippen molar-refractivity contribution in [2.24, 2.45) is 0 Å². The molecule has 0 saturated heterocycles. The Morgan fingerprint density at radius 3 is 2.93 bits per heavy atom. The van der Waals surface area contributed by atoms with Crippen LogP contribution in [-0.2, 0) is 19.5 Å². The number of rotatable bonds is 5. The Labute approximate surface area is 159 Å². The van der Waals surface area contributed by atoms with Crippen molar-refractivity contribution in [2.75, 3.05) is 6.54 Å². The van der Waals surface area contributed by atoms with Crippen LogP contribution < -0.4 is 0 Å². The average Bonchev–Trinajstić information content (AvgIpc) is 3.32. The minimum atomic E-state index is -0.103. The number of halogens is 1. The molecule has 142 valence electrons. The van der Waals surface area contributed by atoms with Crippen LogP contribution in [0.3, 0.4) is 0 Å². The smallest absolute Gasteiger partial charge is 0.132 e. The first-order chi connectivity index (χ1) is 13.1. The van der Waals surface area contributed by atoms with Crippen LogP contribution in [0.25, 0.3) is 0 Å². The number of benzene rings is 1. The van der Waals surface area contributed by atoms with Gasteiger partial charge in [0, 0.05) is 44.1 Å². The summed E-state index contributed by atoms with van der Waals surface area (Å²) in [7, 11) is 0. The van der Waals surface area contributed by atoms with Crippen molar-refractivity contribution in [3.8, 4) is 0 Å². The van der Waals surface area contributed by atoms with E-state index in [1.165, 1.54) is 5.69 Å². The predicted molar refractivity (Wildman–Crippen MR) is 103 cm³/mol. The highest BCUT2D eigenvalue weighted by molar-refractivity contribution is 5.33. The number of H-pyrrole nitrogens is 1. The number of hydrogen-bond donors (Lipinski definition) is 1. The second kappa shape index (κ2) is 7.27. The zero-order chi connectivity index (χ0) is 19.0. The summed E-state index contributed by atoms with van der Waals surface area (Å²) in [5.41, 5.74) is 4.66. The van der Waals surface area contributed by atoms with Gasteiger partial charge in [0.05, 0.1) is 12.0 Å². The maximum absolute atomic E-state index is 14.4. The quantitative estimate of drug-likeness (QED) is 0.744. The van der Waals surface area contributed by atoms with Crippen LogP contribution >= 0.6 is 0 Å². The van der Waals surface area contributed by atoms with Gasteiger partial charge in [0.2, 0.25) is 0 Å². The Kier molecular flexibility index (Phi) is 4.83. The second-order valence-electron chi connectivity index (χ2n) is 7.35. The van der Waals surface area contributed by atoms with Gasteiger partial charge in [0.15, 0.2) is 0 Å². The van der Waals surface area contributed by atoms with Gasteiger partial charge in [0.1, 0.15) is 17.7 Å². The summed E-state index contributed by atoms with van der Waals surface area (Å²) in [6.07, 6.45) is 7.63. The molecule has 1 atom stereocenters.